The van der Waals surface area contributed by atoms with Crippen molar-refractivity contribution in [3.8, 4) is 0 Å². The Morgan fingerprint density at radius 3 is 2.17 bits per heavy atom. The summed E-state index contributed by atoms with van der Waals surface area (Å²) in [4.78, 5) is 14.7. The van der Waals surface area contributed by atoms with Crippen LogP contribution >= 0.6 is 0 Å². The Kier molecular flexibility index (Phi) is 4.08. The van der Waals surface area contributed by atoms with Crippen LogP contribution in [0.25, 0.3) is 0 Å². The summed E-state index contributed by atoms with van der Waals surface area (Å²) < 4.78 is 29.8. The minimum absolute atomic E-state index is 0.0158. The van der Waals surface area contributed by atoms with Gasteiger partial charge in [0.2, 0.25) is 14.9 Å². The third kappa shape index (κ3) is 3.22. The smallest absolute Gasteiger partial charge is 0.239 e. The van der Waals surface area contributed by atoms with Crippen LogP contribution in [0.1, 0.15) is 21.7 Å². The van der Waals surface area contributed by atoms with E-state index in [1.807, 2.05) is 12.1 Å². The highest BCUT2D eigenvalue weighted by Crippen LogP contribution is 2.23. The van der Waals surface area contributed by atoms with Crippen molar-refractivity contribution < 1.29 is 17.6 Å². The molecule has 0 aliphatic carbocycles. The number of furan rings is 1. The molecule has 0 unspecified atom stereocenters. The molecule has 116 valence electrons. The van der Waals surface area contributed by atoms with E-state index in [0.29, 0.717) is 12.7 Å². The molecule has 0 aliphatic heterocycles. The molecule has 0 radical (unpaired) electrons. The maximum absolute atomic E-state index is 12.4. The average Bonchev–Trinajstić information content (AvgIpc) is 3.06. The fraction of sp³-hybridized carbons (Fsp3) is 0.0588. The number of carbonyl (C=O) groups excluding carboxylic acids is 1. The zero-order chi connectivity index (χ0) is 16.3. The lowest BCUT2D eigenvalue weighted by Gasteiger charge is -2.04. The van der Waals surface area contributed by atoms with Gasteiger partial charge in [-0.3, -0.25) is 9.78 Å². The standard InChI is InChI=1S/C17H13NO4S/c19-12-15-3-6-17(22-15)23(20,21)16-4-1-13(2-5-16)11-14-7-9-18-10-8-14/h1-10,12H,11H2. The van der Waals surface area contributed by atoms with Gasteiger partial charge in [0.1, 0.15) is 0 Å². The highest BCUT2D eigenvalue weighted by atomic mass is 32.2. The second-order valence-electron chi connectivity index (χ2n) is 4.95. The van der Waals surface area contributed by atoms with Gasteiger partial charge >= 0.3 is 0 Å². The van der Waals surface area contributed by atoms with E-state index in [4.69, 9.17) is 4.42 Å². The average molecular weight is 327 g/mol. The molecule has 5 nitrogen and oxygen atoms in total. The molecule has 2 aromatic heterocycles. The van der Waals surface area contributed by atoms with E-state index in [0.717, 1.165) is 11.1 Å². The number of aromatic nitrogens is 1. The SMILES string of the molecule is O=Cc1ccc(S(=O)(=O)c2ccc(Cc3ccncc3)cc2)o1. The van der Waals surface area contributed by atoms with Crippen molar-refractivity contribution in [2.45, 2.75) is 16.4 Å². The van der Waals surface area contributed by atoms with E-state index < -0.39 is 9.84 Å². The van der Waals surface area contributed by atoms with E-state index in [9.17, 15) is 13.2 Å². The first kappa shape index (κ1) is 15.2. The van der Waals surface area contributed by atoms with Gasteiger partial charge in [0.15, 0.2) is 12.0 Å². The Labute approximate surface area is 133 Å². The second-order valence-corrected chi connectivity index (χ2v) is 6.83. The van der Waals surface area contributed by atoms with Crippen LogP contribution in [0.2, 0.25) is 0 Å². The van der Waals surface area contributed by atoms with Crippen molar-refractivity contribution in [3.05, 3.63) is 77.8 Å². The fourth-order valence-corrected chi connectivity index (χ4v) is 3.36. The van der Waals surface area contributed by atoms with Crippen LogP contribution in [0.4, 0.5) is 0 Å². The molecule has 0 fully saturated rings. The molecule has 0 saturated heterocycles. The molecule has 0 N–H and O–H groups in total. The first-order valence-electron chi connectivity index (χ1n) is 6.87. The van der Waals surface area contributed by atoms with Gasteiger partial charge in [0.05, 0.1) is 4.90 Å². The Bertz CT molecular complexity index is 913. The van der Waals surface area contributed by atoms with Gasteiger partial charge in [0, 0.05) is 12.4 Å². The third-order valence-corrected chi connectivity index (χ3v) is 5.02. The number of hydrogen-bond acceptors (Lipinski definition) is 5. The number of nitrogens with zero attached hydrogens (tertiary/aromatic N) is 1. The summed E-state index contributed by atoms with van der Waals surface area (Å²) in [6.07, 6.45) is 4.60. The highest BCUT2D eigenvalue weighted by Gasteiger charge is 2.21. The van der Waals surface area contributed by atoms with E-state index in [2.05, 4.69) is 4.98 Å². The molecular formula is C17H13NO4S. The predicted octanol–water partition coefficient (Wildman–Crippen LogP) is 2.91. The number of benzene rings is 1. The zero-order valence-electron chi connectivity index (χ0n) is 12.0. The van der Waals surface area contributed by atoms with Crippen molar-refractivity contribution >= 4 is 16.1 Å². The lowest BCUT2D eigenvalue weighted by Crippen LogP contribution is -2.01. The summed E-state index contributed by atoms with van der Waals surface area (Å²) in [6, 6.07) is 13.0. The summed E-state index contributed by atoms with van der Waals surface area (Å²) in [5.74, 6) is -0.0158. The van der Waals surface area contributed by atoms with Gasteiger partial charge < -0.3 is 4.42 Å². The van der Waals surface area contributed by atoms with Gasteiger partial charge in [-0.2, -0.15) is 0 Å². The molecule has 1 aromatic carbocycles. The molecule has 3 rings (SSSR count). The summed E-state index contributed by atoms with van der Waals surface area (Å²) in [6.45, 7) is 0. The topological polar surface area (TPSA) is 77.2 Å². The van der Waals surface area contributed by atoms with Gasteiger partial charge in [-0.15, -0.1) is 0 Å². The molecular weight excluding hydrogens is 314 g/mol. The number of aldehydes is 1. The molecule has 0 aliphatic rings. The molecule has 0 saturated carbocycles. The lowest BCUT2D eigenvalue weighted by molar-refractivity contribution is 0.109. The van der Waals surface area contributed by atoms with Crippen molar-refractivity contribution in [1.29, 1.82) is 0 Å². The van der Waals surface area contributed by atoms with Crippen LogP contribution in [0, 0.1) is 0 Å². The van der Waals surface area contributed by atoms with Gasteiger partial charge in [-0.05, 0) is 53.9 Å². The van der Waals surface area contributed by atoms with Crippen LogP contribution < -0.4 is 0 Å². The molecule has 0 atom stereocenters. The summed E-state index contributed by atoms with van der Waals surface area (Å²) in [5.41, 5.74) is 2.08. The number of rotatable bonds is 5. The molecule has 3 aromatic rings. The first-order chi connectivity index (χ1) is 11.1. The van der Waals surface area contributed by atoms with E-state index in [1.165, 1.54) is 24.3 Å². The van der Waals surface area contributed by atoms with Crippen LogP contribution in [0.5, 0.6) is 0 Å². The van der Waals surface area contributed by atoms with Crippen molar-refractivity contribution in [3.63, 3.8) is 0 Å². The quantitative estimate of drug-likeness (QED) is 0.673. The maximum atomic E-state index is 12.4. The van der Waals surface area contributed by atoms with E-state index in [1.54, 1.807) is 24.5 Å². The number of pyridine rings is 1. The Morgan fingerprint density at radius 2 is 1.57 bits per heavy atom. The summed E-state index contributed by atoms with van der Waals surface area (Å²) in [7, 11) is -3.75. The van der Waals surface area contributed by atoms with Crippen molar-refractivity contribution in [1.82, 2.24) is 4.98 Å². The Hall–Kier alpha value is -2.73. The molecule has 23 heavy (non-hydrogen) atoms. The lowest BCUT2D eigenvalue weighted by atomic mass is 10.1. The predicted molar refractivity (Wildman–Crippen MR) is 83.0 cm³/mol. The number of hydrogen-bond donors (Lipinski definition) is 0. The Balaban J connectivity index is 1.85. The number of sulfone groups is 1. The van der Waals surface area contributed by atoms with E-state index in [-0.39, 0.29) is 15.7 Å². The molecule has 0 bridgehead atoms. The van der Waals surface area contributed by atoms with Crippen molar-refractivity contribution in [2.24, 2.45) is 0 Å². The molecule has 0 spiro atoms. The zero-order valence-corrected chi connectivity index (χ0v) is 12.9. The third-order valence-electron chi connectivity index (χ3n) is 3.37. The van der Waals surface area contributed by atoms with Crippen LogP contribution in [-0.2, 0) is 16.3 Å². The van der Waals surface area contributed by atoms with Gasteiger partial charge in [-0.25, -0.2) is 8.42 Å². The minimum Gasteiger partial charge on any atom is -0.442 e. The molecule has 6 heteroatoms. The Morgan fingerprint density at radius 1 is 0.913 bits per heavy atom. The van der Waals surface area contributed by atoms with Gasteiger partial charge in [0.25, 0.3) is 0 Å². The fourth-order valence-electron chi connectivity index (χ4n) is 2.18. The van der Waals surface area contributed by atoms with Crippen molar-refractivity contribution in [2.75, 3.05) is 0 Å². The largest absolute Gasteiger partial charge is 0.442 e. The second kappa shape index (κ2) is 6.18. The van der Waals surface area contributed by atoms with Crippen LogP contribution in [0.15, 0.2) is 75.3 Å². The highest BCUT2D eigenvalue weighted by molar-refractivity contribution is 7.91. The summed E-state index contributed by atoms with van der Waals surface area (Å²) >= 11 is 0. The van der Waals surface area contributed by atoms with Crippen LogP contribution in [0.3, 0.4) is 0 Å². The van der Waals surface area contributed by atoms with Gasteiger partial charge in [-0.1, -0.05) is 12.1 Å². The van der Waals surface area contributed by atoms with E-state index >= 15 is 0 Å². The summed E-state index contributed by atoms with van der Waals surface area (Å²) in [5, 5.41) is -0.235. The normalized spacial score (nSPS) is 11.3. The number of carbonyl (C=O) groups is 1. The van der Waals surface area contributed by atoms with Crippen LogP contribution in [-0.4, -0.2) is 19.7 Å². The molecule has 0 amide bonds. The minimum atomic E-state index is -3.75. The molecule has 2 heterocycles. The first-order valence-corrected chi connectivity index (χ1v) is 8.36. The maximum Gasteiger partial charge on any atom is 0.239 e. The monoisotopic (exact) mass is 327 g/mol.